The van der Waals surface area contributed by atoms with Crippen molar-refractivity contribution in [3.05, 3.63) is 69.2 Å². The minimum atomic E-state index is -0.128. The van der Waals surface area contributed by atoms with Crippen molar-refractivity contribution >= 4 is 34.7 Å². The molecule has 0 atom stereocenters. The number of urea groups is 1. The van der Waals surface area contributed by atoms with Crippen molar-refractivity contribution < 1.29 is 4.79 Å². The van der Waals surface area contributed by atoms with Gasteiger partial charge in [-0.3, -0.25) is 0 Å². The fourth-order valence-corrected chi connectivity index (χ4v) is 4.52. The second-order valence-electron chi connectivity index (χ2n) is 6.84. The Morgan fingerprint density at radius 1 is 1.15 bits per heavy atom. The van der Waals surface area contributed by atoms with Crippen LogP contribution in [-0.4, -0.2) is 22.5 Å². The van der Waals surface area contributed by atoms with Crippen LogP contribution in [0, 0.1) is 13.8 Å². The van der Waals surface area contributed by atoms with E-state index in [0.29, 0.717) is 23.8 Å². The van der Waals surface area contributed by atoms with Crippen LogP contribution in [-0.2, 0) is 13.0 Å². The monoisotopic (exact) mass is 397 g/mol. The van der Waals surface area contributed by atoms with Crippen molar-refractivity contribution in [2.24, 2.45) is 0 Å². The number of anilines is 1. The summed E-state index contributed by atoms with van der Waals surface area (Å²) in [6, 6.07) is 13.9. The standard InChI is InChI=1S/C21H20ClN3OS/c1-13-3-6-15(7-4-13)20-23-18-9-10-25(12-19(18)27-20)21(26)24-17-8-5-14(2)11-16(17)22/h3-8,11H,9-10,12H2,1-2H3,(H,24,26). The summed E-state index contributed by atoms with van der Waals surface area (Å²) in [5.74, 6) is 0. The number of nitrogens with zero attached hydrogens (tertiary/aromatic N) is 2. The zero-order valence-electron chi connectivity index (χ0n) is 15.3. The third-order valence-electron chi connectivity index (χ3n) is 4.68. The molecule has 4 nitrogen and oxygen atoms in total. The minimum Gasteiger partial charge on any atom is -0.319 e. The maximum Gasteiger partial charge on any atom is 0.322 e. The van der Waals surface area contributed by atoms with Crippen LogP contribution in [0.4, 0.5) is 10.5 Å². The number of amides is 2. The van der Waals surface area contributed by atoms with E-state index in [9.17, 15) is 4.79 Å². The van der Waals surface area contributed by atoms with Gasteiger partial charge in [-0.2, -0.15) is 0 Å². The van der Waals surface area contributed by atoms with E-state index in [1.807, 2.05) is 30.0 Å². The summed E-state index contributed by atoms with van der Waals surface area (Å²) in [5.41, 5.74) is 5.17. The quantitative estimate of drug-likeness (QED) is 0.605. The molecule has 2 amide bonds. The minimum absolute atomic E-state index is 0.128. The van der Waals surface area contributed by atoms with E-state index >= 15 is 0 Å². The molecular formula is C21H20ClN3OS. The molecule has 1 aliphatic heterocycles. The van der Waals surface area contributed by atoms with Crippen LogP contribution in [0.15, 0.2) is 42.5 Å². The van der Waals surface area contributed by atoms with Crippen LogP contribution in [0.25, 0.3) is 10.6 Å². The fraction of sp³-hybridized carbons (Fsp3) is 0.238. The highest BCUT2D eigenvalue weighted by Crippen LogP contribution is 2.32. The van der Waals surface area contributed by atoms with Crippen LogP contribution >= 0.6 is 22.9 Å². The van der Waals surface area contributed by atoms with E-state index in [2.05, 4.69) is 36.5 Å². The number of carbonyl (C=O) groups is 1. The number of aryl methyl sites for hydroxylation is 2. The van der Waals surface area contributed by atoms with Crippen molar-refractivity contribution in [2.45, 2.75) is 26.8 Å². The lowest BCUT2D eigenvalue weighted by Gasteiger charge is -2.26. The highest BCUT2D eigenvalue weighted by atomic mass is 35.5. The summed E-state index contributed by atoms with van der Waals surface area (Å²) in [6.07, 6.45) is 0.771. The Bertz CT molecular complexity index is 997. The fourth-order valence-electron chi connectivity index (χ4n) is 3.10. The molecule has 0 spiro atoms. The van der Waals surface area contributed by atoms with Gasteiger partial charge in [0.15, 0.2) is 0 Å². The predicted molar refractivity (Wildman–Crippen MR) is 112 cm³/mol. The number of aromatic nitrogens is 1. The van der Waals surface area contributed by atoms with Crippen molar-refractivity contribution in [3.63, 3.8) is 0 Å². The van der Waals surface area contributed by atoms with E-state index in [1.165, 1.54) is 5.56 Å². The second kappa shape index (κ2) is 7.33. The molecule has 0 saturated carbocycles. The summed E-state index contributed by atoms with van der Waals surface area (Å²) >= 11 is 7.90. The Labute approximate surface area is 167 Å². The molecule has 1 aromatic heterocycles. The Hall–Kier alpha value is -2.37. The predicted octanol–water partition coefficient (Wildman–Crippen LogP) is 5.67. The van der Waals surface area contributed by atoms with Gasteiger partial charge in [0.1, 0.15) is 5.01 Å². The average molecular weight is 398 g/mol. The largest absolute Gasteiger partial charge is 0.322 e. The van der Waals surface area contributed by atoms with Crippen LogP contribution < -0.4 is 5.32 Å². The van der Waals surface area contributed by atoms with Gasteiger partial charge in [0.05, 0.1) is 22.9 Å². The maximum atomic E-state index is 12.7. The van der Waals surface area contributed by atoms with Gasteiger partial charge in [0.25, 0.3) is 0 Å². The smallest absolute Gasteiger partial charge is 0.319 e. The Kier molecular flexibility index (Phi) is 4.89. The lowest BCUT2D eigenvalue weighted by atomic mass is 10.1. The lowest BCUT2D eigenvalue weighted by molar-refractivity contribution is 0.207. The third kappa shape index (κ3) is 3.84. The number of rotatable bonds is 2. The number of carbonyl (C=O) groups excluding carboxylic acids is 1. The van der Waals surface area contributed by atoms with Crippen LogP contribution in [0.1, 0.15) is 21.7 Å². The first-order chi connectivity index (χ1) is 13.0. The molecule has 138 valence electrons. The van der Waals surface area contributed by atoms with E-state index in [-0.39, 0.29) is 6.03 Å². The number of hydrogen-bond acceptors (Lipinski definition) is 3. The van der Waals surface area contributed by atoms with Gasteiger partial charge in [-0.25, -0.2) is 9.78 Å². The lowest BCUT2D eigenvalue weighted by Crippen LogP contribution is -2.38. The third-order valence-corrected chi connectivity index (χ3v) is 6.13. The summed E-state index contributed by atoms with van der Waals surface area (Å²) < 4.78 is 0. The van der Waals surface area contributed by atoms with E-state index < -0.39 is 0 Å². The zero-order chi connectivity index (χ0) is 19.0. The van der Waals surface area contributed by atoms with E-state index in [0.717, 1.165) is 33.1 Å². The maximum absolute atomic E-state index is 12.7. The molecule has 6 heteroatoms. The molecular weight excluding hydrogens is 378 g/mol. The molecule has 4 rings (SSSR count). The van der Waals surface area contributed by atoms with E-state index in [4.69, 9.17) is 16.6 Å². The van der Waals surface area contributed by atoms with Crippen molar-refractivity contribution in [3.8, 4) is 10.6 Å². The van der Waals surface area contributed by atoms with Crippen molar-refractivity contribution in [1.29, 1.82) is 0 Å². The van der Waals surface area contributed by atoms with Crippen LogP contribution in [0.3, 0.4) is 0 Å². The average Bonchev–Trinajstić information content (AvgIpc) is 3.07. The molecule has 0 unspecified atom stereocenters. The molecule has 27 heavy (non-hydrogen) atoms. The summed E-state index contributed by atoms with van der Waals surface area (Å²) in [6.45, 7) is 5.28. The number of fused-ring (bicyclic) bond motifs is 1. The van der Waals surface area contributed by atoms with Gasteiger partial charge in [-0.15, -0.1) is 11.3 Å². The Morgan fingerprint density at radius 3 is 2.63 bits per heavy atom. The molecule has 1 N–H and O–H groups in total. The Balaban J connectivity index is 1.49. The van der Waals surface area contributed by atoms with Gasteiger partial charge in [0.2, 0.25) is 0 Å². The summed E-state index contributed by atoms with van der Waals surface area (Å²) in [5, 5.41) is 4.50. The van der Waals surface area contributed by atoms with Crippen molar-refractivity contribution in [1.82, 2.24) is 9.88 Å². The molecule has 0 saturated heterocycles. The molecule has 0 bridgehead atoms. The molecule has 1 aliphatic rings. The molecule has 0 radical (unpaired) electrons. The topological polar surface area (TPSA) is 45.2 Å². The highest BCUT2D eigenvalue weighted by molar-refractivity contribution is 7.15. The number of halogens is 1. The summed E-state index contributed by atoms with van der Waals surface area (Å²) in [7, 11) is 0. The number of benzene rings is 2. The molecule has 0 aliphatic carbocycles. The van der Waals surface area contributed by atoms with E-state index in [1.54, 1.807) is 11.3 Å². The summed E-state index contributed by atoms with van der Waals surface area (Å²) in [4.78, 5) is 20.4. The van der Waals surface area contributed by atoms with Crippen LogP contribution in [0.2, 0.25) is 5.02 Å². The number of thiazole rings is 1. The first-order valence-corrected chi connectivity index (χ1v) is 10.1. The molecule has 0 fully saturated rings. The van der Waals surface area contributed by atoms with Gasteiger partial charge < -0.3 is 10.2 Å². The molecule has 2 aromatic carbocycles. The first kappa shape index (κ1) is 18.0. The normalized spacial score (nSPS) is 13.4. The Morgan fingerprint density at radius 2 is 1.89 bits per heavy atom. The number of hydrogen-bond donors (Lipinski definition) is 1. The van der Waals surface area contributed by atoms with Gasteiger partial charge >= 0.3 is 6.03 Å². The highest BCUT2D eigenvalue weighted by Gasteiger charge is 2.24. The van der Waals surface area contributed by atoms with Crippen molar-refractivity contribution in [2.75, 3.05) is 11.9 Å². The SMILES string of the molecule is Cc1ccc(-c2nc3c(s2)CN(C(=O)Nc2ccc(C)cc2Cl)CC3)cc1. The first-order valence-electron chi connectivity index (χ1n) is 8.87. The molecule has 3 aromatic rings. The number of nitrogens with one attached hydrogen (secondary N) is 1. The van der Waals surface area contributed by atoms with Gasteiger partial charge in [-0.1, -0.05) is 47.5 Å². The molecule has 2 heterocycles. The zero-order valence-corrected chi connectivity index (χ0v) is 16.8. The second-order valence-corrected chi connectivity index (χ2v) is 8.33. The van der Waals surface area contributed by atoms with Crippen LogP contribution in [0.5, 0.6) is 0 Å². The van der Waals surface area contributed by atoms with Gasteiger partial charge in [-0.05, 0) is 31.5 Å². The van der Waals surface area contributed by atoms with Gasteiger partial charge in [0, 0.05) is 23.4 Å².